The van der Waals surface area contributed by atoms with Gasteiger partial charge in [-0.2, -0.15) is 0 Å². The Labute approximate surface area is 267 Å². The number of ether oxygens (including phenoxy) is 5. The van der Waals surface area contributed by atoms with Crippen LogP contribution in [-0.4, -0.2) is 63.1 Å². The van der Waals surface area contributed by atoms with Gasteiger partial charge in [0.2, 0.25) is 0 Å². The van der Waals surface area contributed by atoms with Gasteiger partial charge in [-0.3, -0.25) is 0 Å². The Morgan fingerprint density at radius 1 is 0.333 bits per heavy atom. The molecule has 7 heteroatoms. The first kappa shape index (κ1) is 34.5. The summed E-state index contributed by atoms with van der Waals surface area (Å²) in [5, 5.41) is 21.3. The molecule has 0 aromatic heterocycles. The second-order valence-electron chi connectivity index (χ2n) is 11.7. The number of benzene rings is 4. The summed E-state index contributed by atoms with van der Waals surface area (Å²) in [6, 6.07) is 39.7. The topological polar surface area (TPSA) is 86.6 Å². The van der Waals surface area contributed by atoms with E-state index >= 15 is 0 Å². The minimum atomic E-state index is -0.819. The average molecular weight is 615 g/mol. The third-order valence-corrected chi connectivity index (χ3v) is 7.57. The zero-order valence-electron chi connectivity index (χ0n) is 26.0. The van der Waals surface area contributed by atoms with Crippen molar-refractivity contribution in [2.45, 2.75) is 26.4 Å². The minimum Gasteiger partial charge on any atom is -0.396 e. The minimum absolute atomic E-state index is 0.159. The van der Waals surface area contributed by atoms with Gasteiger partial charge in [-0.15, -0.1) is 0 Å². The van der Waals surface area contributed by atoms with Crippen LogP contribution in [0.5, 0.6) is 0 Å². The molecule has 0 unspecified atom stereocenters. The first-order chi connectivity index (χ1) is 22.1. The molecule has 0 aliphatic heterocycles. The quantitative estimate of drug-likeness (QED) is 0.115. The summed E-state index contributed by atoms with van der Waals surface area (Å²) in [6.07, 6.45) is 0. The van der Waals surface area contributed by atoms with E-state index < -0.39 is 10.8 Å². The summed E-state index contributed by atoms with van der Waals surface area (Å²) in [6.45, 7) is 2.47. The second kappa shape index (κ2) is 19.2. The highest BCUT2D eigenvalue weighted by Gasteiger charge is 2.35. The normalized spacial score (nSPS) is 12.0. The van der Waals surface area contributed by atoms with Gasteiger partial charge >= 0.3 is 0 Å². The molecule has 0 radical (unpaired) electrons. The van der Waals surface area contributed by atoms with Gasteiger partial charge in [0, 0.05) is 0 Å². The predicted molar refractivity (Wildman–Crippen MR) is 174 cm³/mol. The fraction of sp³-hybridized carbons (Fsp3) is 0.368. The van der Waals surface area contributed by atoms with Gasteiger partial charge < -0.3 is 33.9 Å². The van der Waals surface area contributed by atoms with Gasteiger partial charge in [-0.05, 0) is 22.3 Å². The molecule has 0 fully saturated rings. The number of aliphatic hydroxyl groups excluding tert-OH is 2. The largest absolute Gasteiger partial charge is 0.396 e. The van der Waals surface area contributed by atoms with Crippen molar-refractivity contribution in [2.24, 2.45) is 10.8 Å². The van der Waals surface area contributed by atoms with Gasteiger partial charge in [-0.1, -0.05) is 121 Å². The van der Waals surface area contributed by atoms with Crippen molar-refractivity contribution in [2.75, 3.05) is 52.9 Å². The summed E-state index contributed by atoms with van der Waals surface area (Å²) in [5.74, 6) is 0. The highest BCUT2D eigenvalue weighted by Crippen LogP contribution is 2.25. The van der Waals surface area contributed by atoms with E-state index in [4.69, 9.17) is 23.7 Å². The molecule has 0 aliphatic carbocycles. The fourth-order valence-corrected chi connectivity index (χ4v) is 4.85. The molecule has 4 aromatic rings. The standard InChI is InChI=1S/C38H46O7/c39-25-37(27-41-21-33-13-5-1-6-14-33,28-42-22-34-15-7-2-8-16-34)31-45-32-38(26-40,29-43-23-35-17-9-3-10-18-35)30-44-24-36-19-11-4-12-20-36/h1-20,39-40H,21-32H2. The number of hydrogen-bond acceptors (Lipinski definition) is 7. The summed E-state index contributed by atoms with van der Waals surface area (Å²) >= 11 is 0. The smallest absolute Gasteiger partial charge is 0.0717 e. The molecule has 0 aliphatic rings. The van der Waals surface area contributed by atoms with Crippen molar-refractivity contribution >= 4 is 0 Å². The molecule has 4 rings (SSSR count). The van der Waals surface area contributed by atoms with Crippen LogP contribution in [-0.2, 0) is 50.1 Å². The highest BCUT2D eigenvalue weighted by atomic mass is 16.5. The molecule has 0 bridgehead atoms. The molecule has 0 amide bonds. The third kappa shape index (κ3) is 12.1. The van der Waals surface area contributed by atoms with Crippen molar-refractivity contribution in [3.05, 3.63) is 144 Å². The lowest BCUT2D eigenvalue weighted by Gasteiger charge is -2.35. The van der Waals surface area contributed by atoms with E-state index in [-0.39, 0.29) is 52.9 Å². The Kier molecular flexibility index (Phi) is 14.7. The average Bonchev–Trinajstić information content (AvgIpc) is 3.10. The summed E-state index contributed by atoms with van der Waals surface area (Å²) in [5.41, 5.74) is 2.53. The Hall–Kier alpha value is -3.40. The van der Waals surface area contributed by atoms with E-state index in [1.165, 1.54) is 0 Å². The molecule has 4 aromatic carbocycles. The lowest BCUT2D eigenvalue weighted by atomic mass is 9.90. The Morgan fingerprint density at radius 2 is 0.556 bits per heavy atom. The van der Waals surface area contributed by atoms with Crippen molar-refractivity contribution in [3.8, 4) is 0 Å². The van der Waals surface area contributed by atoms with Gasteiger partial charge in [0.05, 0.1) is 90.1 Å². The van der Waals surface area contributed by atoms with Crippen molar-refractivity contribution in [3.63, 3.8) is 0 Å². The Bertz CT molecular complexity index is 1110. The van der Waals surface area contributed by atoms with Crippen LogP contribution in [0.2, 0.25) is 0 Å². The van der Waals surface area contributed by atoms with Crippen LogP contribution in [0.3, 0.4) is 0 Å². The van der Waals surface area contributed by atoms with Crippen LogP contribution in [0.4, 0.5) is 0 Å². The van der Waals surface area contributed by atoms with Crippen LogP contribution in [0.1, 0.15) is 22.3 Å². The molecular weight excluding hydrogens is 568 g/mol. The first-order valence-electron chi connectivity index (χ1n) is 15.4. The molecule has 2 N–H and O–H groups in total. The van der Waals surface area contributed by atoms with Gasteiger partial charge in [0.15, 0.2) is 0 Å². The number of hydrogen-bond donors (Lipinski definition) is 2. The lowest BCUT2D eigenvalue weighted by Crippen LogP contribution is -2.45. The maximum Gasteiger partial charge on any atom is 0.0717 e. The summed E-state index contributed by atoms with van der Waals surface area (Å²) in [7, 11) is 0. The second-order valence-corrected chi connectivity index (χ2v) is 11.7. The molecule has 0 saturated heterocycles. The number of aliphatic hydroxyl groups is 2. The Balaban J connectivity index is 1.40. The fourth-order valence-electron chi connectivity index (χ4n) is 4.85. The van der Waals surface area contributed by atoms with Crippen molar-refractivity contribution < 1.29 is 33.9 Å². The van der Waals surface area contributed by atoms with Crippen LogP contribution < -0.4 is 0 Å². The first-order valence-corrected chi connectivity index (χ1v) is 15.4. The van der Waals surface area contributed by atoms with Gasteiger partial charge in [-0.25, -0.2) is 0 Å². The molecule has 0 atom stereocenters. The molecule has 0 saturated carbocycles. The maximum absolute atomic E-state index is 10.7. The molecule has 0 heterocycles. The predicted octanol–water partition coefficient (Wildman–Crippen LogP) is 5.83. The Morgan fingerprint density at radius 3 is 0.778 bits per heavy atom. The van der Waals surface area contributed by atoms with E-state index in [0.717, 1.165) is 22.3 Å². The van der Waals surface area contributed by atoms with E-state index in [9.17, 15) is 10.2 Å². The van der Waals surface area contributed by atoms with E-state index in [0.29, 0.717) is 26.4 Å². The van der Waals surface area contributed by atoms with E-state index in [1.54, 1.807) is 0 Å². The summed E-state index contributed by atoms with van der Waals surface area (Å²) < 4.78 is 30.7. The molecular formula is C38H46O7. The van der Waals surface area contributed by atoms with Gasteiger partial charge in [0.25, 0.3) is 0 Å². The van der Waals surface area contributed by atoms with Gasteiger partial charge in [0.1, 0.15) is 0 Å². The van der Waals surface area contributed by atoms with Crippen LogP contribution in [0.25, 0.3) is 0 Å². The zero-order valence-corrected chi connectivity index (χ0v) is 26.0. The molecule has 45 heavy (non-hydrogen) atoms. The van der Waals surface area contributed by atoms with E-state index in [2.05, 4.69) is 0 Å². The van der Waals surface area contributed by atoms with Crippen LogP contribution >= 0.6 is 0 Å². The zero-order chi connectivity index (χ0) is 31.5. The molecule has 0 spiro atoms. The third-order valence-electron chi connectivity index (χ3n) is 7.57. The van der Waals surface area contributed by atoms with Crippen molar-refractivity contribution in [1.82, 2.24) is 0 Å². The van der Waals surface area contributed by atoms with Crippen LogP contribution in [0.15, 0.2) is 121 Å². The van der Waals surface area contributed by atoms with Crippen LogP contribution in [0, 0.1) is 10.8 Å². The maximum atomic E-state index is 10.7. The van der Waals surface area contributed by atoms with Crippen molar-refractivity contribution in [1.29, 1.82) is 0 Å². The lowest BCUT2D eigenvalue weighted by molar-refractivity contribution is -0.136. The van der Waals surface area contributed by atoms with E-state index in [1.807, 2.05) is 121 Å². The molecule has 240 valence electrons. The number of rotatable bonds is 22. The SMILES string of the molecule is OCC(COCc1ccccc1)(COCc1ccccc1)COCC(CO)(COCc1ccccc1)COCc1ccccc1. The summed E-state index contributed by atoms with van der Waals surface area (Å²) in [4.78, 5) is 0. The monoisotopic (exact) mass is 614 g/mol. The highest BCUT2D eigenvalue weighted by molar-refractivity contribution is 5.15. The molecule has 7 nitrogen and oxygen atoms in total.